The molecule has 0 spiro atoms. The number of fused-ring (bicyclic) bond motifs is 1. The van der Waals surface area contributed by atoms with E-state index < -0.39 is 12.1 Å². The first-order valence-corrected chi connectivity index (χ1v) is 9.17. The zero-order chi connectivity index (χ0) is 20.1. The van der Waals surface area contributed by atoms with Crippen LogP contribution in [-0.2, 0) is 9.53 Å². The minimum absolute atomic E-state index is 0.263. The molecule has 0 heterocycles. The lowest BCUT2D eigenvalue weighted by Gasteiger charge is -2.19. The Bertz CT molecular complexity index is 1010. The van der Waals surface area contributed by atoms with E-state index in [0.29, 0.717) is 23.4 Å². The summed E-state index contributed by atoms with van der Waals surface area (Å²) in [5.41, 5.74) is 1.79. The van der Waals surface area contributed by atoms with Gasteiger partial charge in [0.15, 0.2) is 6.10 Å². The van der Waals surface area contributed by atoms with Crippen LogP contribution in [-0.4, -0.2) is 25.1 Å². The summed E-state index contributed by atoms with van der Waals surface area (Å²) in [7, 11) is 1.32. The molecule has 1 atom stereocenters. The van der Waals surface area contributed by atoms with Crippen LogP contribution >= 0.6 is 0 Å². The molecule has 0 radical (unpaired) electrons. The number of benzene rings is 3. The first-order valence-electron chi connectivity index (χ1n) is 9.17. The highest BCUT2D eigenvalue weighted by atomic mass is 16.5. The number of rotatable bonds is 6. The van der Waals surface area contributed by atoms with Crippen molar-refractivity contribution in [1.82, 2.24) is 0 Å². The normalized spacial score (nSPS) is 11.7. The number of hydrogen-bond donors (Lipinski definition) is 1. The zero-order valence-corrected chi connectivity index (χ0v) is 16.2. The quantitative estimate of drug-likeness (QED) is 0.631. The molecule has 0 saturated carbocycles. The zero-order valence-electron chi connectivity index (χ0n) is 16.2. The molecule has 0 aliphatic carbocycles. The molecule has 0 aliphatic rings. The van der Waals surface area contributed by atoms with Gasteiger partial charge in [0.1, 0.15) is 5.75 Å². The van der Waals surface area contributed by atoms with Crippen molar-refractivity contribution < 1.29 is 19.1 Å². The van der Waals surface area contributed by atoms with E-state index >= 15 is 0 Å². The number of aryl methyl sites for hydroxylation is 1. The summed E-state index contributed by atoms with van der Waals surface area (Å²) in [4.78, 5) is 24.6. The van der Waals surface area contributed by atoms with Crippen LogP contribution in [0.3, 0.4) is 0 Å². The van der Waals surface area contributed by atoms with Gasteiger partial charge in [0, 0.05) is 11.1 Å². The Balaban J connectivity index is 1.82. The monoisotopic (exact) mass is 377 g/mol. The van der Waals surface area contributed by atoms with Gasteiger partial charge in [-0.25, -0.2) is 4.79 Å². The number of carbonyl (C=O) groups is 2. The Labute approximate surface area is 164 Å². The fourth-order valence-electron chi connectivity index (χ4n) is 2.99. The Morgan fingerprint density at radius 2 is 1.79 bits per heavy atom. The number of ether oxygens (including phenoxy) is 2. The first kappa shape index (κ1) is 19.4. The highest BCUT2D eigenvalue weighted by molar-refractivity contribution is 5.97. The highest BCUT2D eigenvalue weighted by Gasteiger charge is 2.20. The molecular formula is C23H23NO4. The maximum Gasteiger partial charge on any atom is 0.337 e. The van der Waals surface area contributed by atoms with Crippen LogP contribution in [0.4, 0.5) is 5.69 Å². The summed E-state index contributed by atoms with van der Waals surface area (Å²) in [6, 6.07) is 18.7. The molecule has 5 nitrogen and oxygen atoms in total. The van der Waals surface area contributed by atoms with Crippen molar-refractivity contribution in [3.63, 3.8) is 0 Å². The minimum Gasteiger partial charge on any atom is -0.480 e. The number of hydrogen-bond acceptors (Lipinski definition) is 4. The number of carbonyl (C=O) groups excluding carboxylic acids is 2. The summed E-state index contributed by atoms with van der Waals surface area (Å²) >= 11 is 0. The lowest BCUT2D eigenvalue weighted by Crippen LogP contribution is -2.32. The molecule has 3 aromatic carbocycles. The first-order chi connectivity index (χ1) is 13.5. The summed E-state index contributed by atoms with van der Waals surface area (Å²) in [6.07, 6.45) is -0.155. The maximum atomic E-state index is 12.8. The third-order valence-electron chi connectivity index (χ3n) is 4.60. The molecule has 0 saturated heterocycles. The average Bonchev–Trinajstić information content (AvgIpc) is 2.72. The van der Waals surface area contributed by atoms with Gasteiger partial charge in [-0.2, -0.15) is 0 Å². The van der Waals surface area contributed by atoms with E-state index in [1.165, 1.54) is 7.11 Å². The fourth-order valence-corrected chi connectivity index (χ4v) is 2.99. The van der Waals surface area contributed by atoms with Crippen LogP contribution in [0.25, 0.3) is 10.8 Å². The van der Waals surface area contributed by atoms with Crippen LogP contribution in [0.1, 0.15) is 29.3 Å². The molecular weight excluding hydrogens is 354 g/mol. The number of anilines is 1. The fraction of sp³-hybridized carbons (Fsp3) is 0.217. The maximum absolute atomic E-state index is 12.8. The Morgan fingerprint density at radius 3 is 2.54 bits per heavy atom. The third-order valence-corrected chi connectivity index (χ3v) is 4.60. The topological polar surface area (TPSA) is 64.6 Å². The van der Waals surface area contributed by atoms with Crippen molar-refractivity contribution in [1.29, 1.82) is 0 Å². The summed E-state index contributed by atoms with van der Waals surface area (Å²) in [5.74, 6) is -0.0461. The summed E-state index contributed by atoms with van der Waals surface area (Å²) in [6.45, 7) is 3.76. The smallest absolute Gasteiger partial charge is 0.337 e. The number of esters is 1. The predicted molar refractivity (Wildman–Crippen MR) is 110 cm³/mol. The van der Waals surface area contributed by atoms with Gasteiger partial charge in [-0.15, -0.1) is 0 Å². The lowest BCUT2D eigenvalue weighted by atomic mass is 10.1. The number of nitrogens with one attached hydrogen (secondary N) is 1. The van der Waals surface area contributed by atoms with E-state index in [2.05, 4.69) is 5.32 Å². The molecule has 0 aromatic heterocycles. The molecule has 0 fully saturated rings. The second-order valence-electron chi connectivity index (χ2n) is 6.50. The molecule has 3 rings (SSSR count). The minimum atomic E-state index is -0.660. The summed E-state index contributed by atoms with van der Waals surface area (Å²) in [5, 5.41) is 4.89. The van der Waals surface area contributed by atoms with Crippen LogP contribution in [0.2, 0.25) is 0 Å². The van der Waals surface area contributed by atoms with Crippen molar-refractivity contribution in [3.05, 3.63) is 71.8 Å². The Kier molecular flexibility index (Phi) is 5.94. The van der Waals surface area contributed by atoms with Gasteiger partial charge in [0.2, 0.25) is 0 Å². The molecule has 1 amide bonds. The van der Waals surface area contributed by atoms with Gasteiger partial charge in [-0.1, -0.05) is 49.4 Å². The second kappa shape index (κ2) is 8.57. The van der Waals surface area contributed by atoms with Crippen LogP contribution < -0.4 is 10.1 Å². The molecule has 144 valence electrons. The molecule has 0 unspecified atom stereocenters. The van der Waals surface area contributed by atoms with Crippen molar-refractivity contribution in [2.24, 2.45) is 0 Å². The molecule has 1 N–H and O–H groups in total. The van der Waals surface area contributed by atoms with Gasteiger partial charge in [0.05, 0.1) is 12.7 Å². The number of amides is 1. The van der Waals surface area contributed by atoms with Gasteiger partial charge in [0.25, 0.3) is 5.91 Å². The van der Waals surface area contributed by atoms with Crippen molar-refractivity contribution in [3.8, 4) is 5.75 Å². The van der Waals surface area contributed by atoms with E-state index in [1.807, 2.05) is 56.3 Å². The van der Waals surface area contributed by atoms with Gasteiger partial charge >= 0.3 is 5.97 Å². The van der Waals surface area contributed by atoms with Crippen LogP contribution in [0.15, 0.2) is 60.7 Å². The van der Waals surface area contributed by atoms with Crippen LogP contribution in [0, 0.1) is 6.92 Å². The second-order valence-corrected chi connectivity index (χ2v) is 6.50. The largest absolute Gasteiger partial charge is 0.480 e. The molecule has 5 heteroatoms. The van der Waals surface area contributed by atoms with E-state index in [-0.39, 0.29) is 5.91 Å². The van der Waals surface area contributed by atoms with Gasteiger partial charge in [-0.3, -0.25) is 4.79 Å². The van der Waals surface area contributed by atoms with Gasteiger partial charge < -0.3 is 14.8 Å². The molecule has 3 aromatic rings. The molecule has 28 heavy (non-hydrogen) atoms. The van der Waals surface area contributed by atoms with Crippen molar-refractivity contribution in [2.75, 3.05) is 12.4 Å². The SMILES string of the molecule is CC[C@@H](Oc1cccc2ccccc12)C(=O)Nc1cc(C(=O)OC)ccc1C. The van der Waals surface area contributed by atoms with Crippen molar-refractivity contribution in [2.45, 2.75) is 26.4 Å². The Hall–Kier alpha value is -3.34. The van der Waals surface area contributed by atoms with E-state index in [4.69, 9.17) is 9.47 Å². The average molecular weight is 377 g/mol. The van der Waals surface area contributed by atoms with E-state index in [9.17, 15) is 9.59 Å². The molecule has 0 aliphatic heterocycles. The van der Waals surface area contributed by atoms with E-state index in [1.54, 1.807) is 18.2 Å². The van der Waals surface area contributed by atoms with E-state index in [0.717, 1.165) is 16.3 Å². The lowest BCUT2D eigenvalue weighted by molar-refractivity contribution is -0.122. The van der Waals surface area contributed by atoms with Crippen LogP contribution in [0.5, 0.6) is 5.75 Å². The third kappa shape index (κ3) is 4.14. The standard InChI is InChI=1S/C23H23NO4/c1-4-20(28-21-11-7-9-16-8-5-6-10-18(16)21)22(25)24-19-14-17(23(26)27-3)13-12-15(19)2/h5-14,20H,4H2,1-3H3,(H,24,25)/t20-/m1/s1. The Morgan fingerprint density at radius 1 is 1.04 bits per heavy atom. The summed E-state index contributed by atoms with van der Waals surface area (Å²) < 4.78 is 10.8. The van der Waals surface area contributed by atoms with Gasteiger partial charge in [-0.05, 0) is 42.5 Å². The predicted octanol–water partition coefficient (Wildman–Crippen LogP) is 4.73. The number of methoxy groups -OCH3 is 1. The highest BCUT2D eigenvalue weighted by Crippen LogP contribution is 2.27. The molecule has 0 bridgehead atoms. The van der Waals surface area contributed by atoms with Crippen molar-refractivity contribution >= 4 is 28.3 Å².